The van der Waals surface area contributed by atoms with Crippen LogP contribution >= 0.6 is 0 Å². The Balaban J connectivity index is 1.63. The fourth-order valence-electron chi connectivity index (χ4n) is 4.36. The molecule has 1 heterocycles. The molecule has 0 bridgehead atoms. The van der Waals surface area contributed by atoms with Gasteiger partial charge in [-0.05, 0) is 38.0 Å². The Kier molecular flexibility index (Phi) is 7.10. The van der Waals surface area contributed by atoms with Gasteiger partial charge in [-0.25, -0.2) is 15.0 Å². The van der Waals surface area contributed by atoms with E-state index >= 15 is 0 Å². The number of guanidine groups is 1. The first kappa shape index (κ1) is 23.3. The average molecular weight is 462 g/mol. The molecule has 1 aliphatic carbocycles. The third-order valence-corrected chi connectivity index (χ3v) is 6.05. The number of aromatic nitrogens is 2. The van der Waals surface area contributed by atoms with Crippen molar-refractivity contribution in [2.75, 3.05) is 12.4 Å². The van der Waals surface area contributed by atoms with Gasteiger partial charge in [-0.3, -0.25) is 4.79 Å². The van der Waals surface area contributed by atoms with Gasteiger partial charge in [0.25, 0.3) is 5.91 Å². The molecule has 9 nitrogen and oxygen atoms in total. The van der Waals surface area contributed by atoms with Gasteiger partial charge in [0.1, 0.15) is 11.6 Å². The average Bonchev–Trinajstić information content (AvgIpc) is 2.83. The molecule has 34 heavy (non-hydrogen) atoms. The number of nitrogens with one attached hydrogen (secondary N) is 2. The number of nitrogens with zero attached hydrogens (tertiary/aromatic N) is 3. The third-order valence-electron chi connectivity index (χ3n) is 6.05. The van der Waals surface area contributed by atoms with Crippen molar-refractivity contribution in [2.24, 2.45) is 16.5 Å². The fourth-order valence-corrected chi connectivity index (χ4v) is 4.36. The van der Waals surface area contributed by atoms with Crippen LogP contribution in [0.25, 0.3) is 10.9 Å². The Morgan fingerprint density at radius 3 is 2.74 bits per heavy atom. The number of hydrogen-bond acceptors (Lipinski definition) is 6. The van der Waals surface area contributed by atoms with E-state index in [1.54, 1.807) is 7.11 Å². The van der Waals surface area contributed by atoms with Crippen LogP contribution in [0.4, 0.5) is 5.82 Å². The second-order valence-electron chi connectivity index (χ2n) is 8.57. The normalized spacial score (nSPS) is 17.7. The molecule has 9 heteroatoms. The molecule has 0 radical (unpaired) electrons. The number of carbonyl (C=O) groups excluding carboxylic acids is 1. The van der Waals surface area contributed by atoms with Crippen molar-refractivity contribution in [3.8, 4) is 5.75 Å². The number of carbonyl (C=O) groups is 1. The number of anilines is 1. The summed E-state index contributed by atoms with van der Waals surface area (Å²) in [5, 5.41) is 7.29. The van der Waals surface area contributed by atoms with E-state index in [9.17, 15) is 4.79 Å². The molecule has 0 spiro atoms. The maximum absolute atomic E-state index is 13.0. The molecule has 6 N–H and O–H groups in total. The van der Waals surface area contributed by atoms with E-state index in [2.05, 4.69) is 25.6 Å². The molecule has 1 saturated carbocycles. The van der Waals surface area contributed by atoms with Gasteiger partial charge in [0.15, 0.2) is 5.96 Å². The van der Waals surface area contributed by atoms with Crippen LogP contribution in [0.15, 0.2) is 47.5 Å². The SMILES string of the molecule is COc1ccccc1CNC(=O)c1nc(NC2CCCCC2N=C(N)N)c2cc(C)ccc2n1. The largest absolute Gasteiger partial charge is 0.496 e. The van der Waals surface area contributed by atoms with Crippen molar-refractivity contribution < 1.29 is 9.53 Å². The topological polar surface area (TPSA) is 141 Å². The van der Waals surface area contributed by atoms with Crippen molar-refractivity contribution in [2.45, 2.75) is 51.2 Å². The lowest BCUT2D eigenvalue weighted by atomic mass is 9.90. The van der Waals surface area contributed by atoms with Gasteiger partial charge in [0.2, 0.25) is 5.82 Å². The number of aryl methyl sites for hydroxylation is 1. The van der Waals surface area contributed by atoms with Crippen LogP contribution in [0.5, 0.6) is 5.75 Å². The molecule has 178 valence electrons. The van der Waals surface area contributed by atoms with Gasteiger partial charge >= 0.3 is 0 Å². The lowest BCUT2D eigenvalue weighted by Crippen LogP contribution is -2.38. The van der Waals surface area contributed by atoms with Crippen molar-refractivity contribution in [1.29, 1.82) is 0 Å². The highest BCUT2D eigenvalue weighted by Gasteiger charge is 2.26. The third kappa shape index (κ3) is 5.36. The summed E-state index contributed by atoms with van der Waals surface area (Å²) in [6.45, 7) is 2.32. The number of methoxy groups -OCH3 is 1. The highest BCUT2D eigenvalue weighted by Crippen LogP contribution is 2.28. The molecular weight excluding hydrogens is 430 g/mol. The molecule has 2 atom stereocenters. The summed E-state index contributed by atoms with van der Waals surface area (Å²) in [5.74, 6) is 1.14. The Hall–Kier alpha value is -3.88. The summed E-state index contributed by atoms with van der Waals surface area (Å²) in [7, 11) is 1.61. The molecule has 2 unspecified atom stereocenters. The minimum absolute atomic E-state index is 0.0129. The number of para-hydroxylation sites is 1. The number of benzene rings is 2. The predicted octanol–water partition coefficient (Wildman–Crippen LogP) is 2.87. The van der Waals surface area contributed by atoms with Crippen LogP contribution in [-0.4, -0.2) is 41.0 Å². The van der Waals surface area contributed by atoms with E-state index in [-0.39, 0.29) is 29.8 Å². The molecule has 3 aromatic rings. The van der Waals surface area contributed by atoms with Crippen LogP contribution in [0.1, 0.15) is 47.4 Å². The first-order valence-corrected chi connectivity index (χ1v) is 11.5. The molecule has 1 aliphatic rings. The number of rotatable bonds is 7. The summed E-state index contributed by atoms with van der Waals surface area (Å²) >= 11 is 0. The number of aliphatic imine (C=N–C) groups is 1. The summed E-state index contributed by atoms with van der Waals surface area (Å²) < 4.78 is 5.37. The molecule has 0 saturated heterocycles. The molecule has 4 rings (SSSR count). The first-order valence-electron chi connectivity index (χ1n) is 11.5. The van der Waals surface area contributed by atoms with E-state index in [0.717, 1.165) is 42.2 Å². The minimum atomic E-state index is -0.360. The molecular formula is C25H31N7O2. The summed E-state index contributed by atoms with van der Waals surface area (Å²) in [6, 6.07) is 13.4. The Labute approximate surface area is 199 Å². The van der Waals surface area contributed by atoms with E-state index in [0.29, 0.717) is 23.6 Å². The van der Waals surface area contributed by atoms with E-state index in [1.165, 1.54) is 0 Å². The smallest absolute Gasteiger partial charge is 0.289 e. The number of amides is 1. The minimum Gasteiger partial charge on any atom is -0.496 e. The van der Waals surface area contributed by atoms with Gasteiger partial charge in [-0.1, -0.05) is 42.7 Å². The maximum atomic E-state index is 13.0. The van der Waals surface area contributed by atoms with Crippen LogP contribution in [0.3, 0.4) is 0 Å². The molecule has 0 aliphatic heterocycles. The van der Waals surface area contributed by atoms with Crippen LogP contribution in [0.2, 0.25) is 0 Å². The van der Waals surface area contributed by atoms with Gasteiger partial charge in [0.05, 0.1) is 24.7 Å². The summed E-state index contributed by atoms with van der Waals surface area (Å²) in [5.41, 5.74) is 14.0. The summed E-state index contributed by atoms with van der Waals surface area (Å²) in [4.78, 5) is 26.6. The van der Waals surface area contributed by atoms with Crippen LogP contribution in [0, 0.1) is 6.92 Å². The zero-order chi connectivity index (χ0) is 24.1. The fraction of sp³-hybridized carbons (Fsp3) is 0.360. The summed E-state index contributed by atoms with van der Waals surface area (Å²) in [6.07, 6.45) is 3.94. The molecule has 1 amide bonds. The van der Waals surface area contributed by atoms with Gasteiger partial charge in [-0.15, -0.1) is 0 Å². The Morgan fingerprint density at radius 1 is 1.15 bits per heavy atom. The van der Waals surface area contributed by atoms with Crippen molar-refractivity contribution in [3.05, 3.63) is 59.4 Å². The van der Waals surface area contributed by atoms with Gasteiger partial charge < -0.3 is 26.8 Å². The monoisotopic (exact) mass is 461 g/mol. The second-order valence-corrected chi connectivity index (χ2v) is 8.57. The first-order chi connectivity index (χ1) is 16.4. The van der Waals surface area contributed by atoms with Crippen molar-refractivity contribution >= 4 is 28.6 Å². The number of hydrogen-bond donors (Lipinski definition) is 4. The van der Waals surface area contributed by atoms with Gasteiger partial charge in [0, 0.05) is 17.5 Å². The lowest BCUT2D eigenvalue weighted by molar-refractivity contribution is 0.0940. The zero-order valence-electron chi connectivity index (χ0n) is 19.5. The highest BCUT2D eigenvalue weighted by molar-refractivity contribution is 5.96. The van der Waals surface area contributed by atoms with E-state index in [4.69, 9.17) is 16.2 Å². The Bertz CT molecular complexity index is 1210. The second kappa shape index (κ2) is 10.4. The van der Waals surface area contributed by atoms with Crippen molar-refractivity contribution in [1.82, 2.24) is 15.3 Å². The zero-order valence-corrected chi connectivity index (χ0v) is 19.5. The molecule has 2 aromatic carbocycles. The molecule has 1 fully saturated rings. The van der Waals surface area contributed by atoms with Crippen LogP contribution in [-0.2, 0) is 6.54 Å². The standard InChI is InChI=1S/C25H31N7O2/c1-15-11-12-18-17(13-15)22(30-19-8-4-5-9-20(19)31-25(26)27)32-23(29-18)24(33)28-14-16-7-3-6-10-21(16)34-2/h3,6-7,10-13,19-20H,4-5,8-9,14H2,1-2H3,(H,28,33)(H4,26,27,31)(H,29,30,32). The van der Waals surface area contributed by atoms with Crippen molar-refractivity contribution in [3.63, 3.8) is 0 Å². The predicted molar refractivity (Wildman–Crippen MR) is 134 cm³/mol. The lowest BCUT2D eigenvalue weighted by Gasteiger charge is -2.30. The Morgan fingerprint density at radius 2 is 1.94 bits per heavy atom. The van der Waals surface area contributed by atoms with E-state index in [1.807, 2.05) is 49.4 Å². The number of nitrogens with two attached hydrogens (primary N) is 2. The highest BCUT2D eigenvalue weighted by atomic mass is 16.5. The van der Waals surface area contributed by atoms with Gasteiger partial charge in [-0.2, -0.15) is 0 Å². The van der Waals surface area contributed by atoms with Crippen LogP contribution < -0.4 is 26.8 Å². The molecule has 1 aromatic heterocycles. The van der Waals surface area contributed by atoms with E-state index < -0.39 is 0 Å². The quantitative estimate of drug-likeness (QED) is 0.313. The number of ether oxygens (including phenoxy) is 1. The maximum Gasteiger partial charge on any atom is 0.289 e. The number of fused-ring (bicyclic) bond motifs is 1.